The lowest BCUT2D eigenvalue weighted by molar-refractivity contribution is -0.120. The van der Waals surface area contributed by atoms with Crippen molar-refractivity contribution in [1.82, 2.24) is 30.5 Å². The molecule has 0 fully saturated rings. The van der Waals surface area contributed by atoms with Gasteiger partial charge in [-0.3, -0.25) is 4.79 Å². The molecule has 1 aromatic carbocycles. The van der Waals surface area contributed by atoms with Crippen LogP contribution < -0.4 is 10.6 Å². The van der Waals surface area contributed by atoms with E-state index in [1.165, 1.54) is 11.3 Å². The molecule has 0 spiro atoms. The third-order valence-corrected chi connectivity index (χ3v) is 4.93. The fraction of sp³-hybridized carbons (Fsp3) is 0.389. The summed E-state index contributed by atoms with van der Waals surface area (Å²) in [6.07, 6.45) is 0.198. The Bertz CT molecular complexity index is 881. The summed E-state index contributed by atoms with van der Waals surface area (Å²) in [5.41, 5.74) is 1.62. The minimum absolute atomic E-state index is 0.0495. The van der Waals surface area contributed by atoms with Gasteiger partial charge in [0.15, 0.2) is 0 Å². The number of hydrogen-bond acceptors (Lipinski definition) is 8. The summed E-state index contributed by atoms with van der Waals surface area (Å²) in [4.78, 5) is 16.6. The van der Waals surface area contributed by atoms with Crippen LogP contribution in [-0.4, -0.2) is 50.8 Å². The molecule has 3 aromatic rings. The van der Waals surface area contributed by atoms with Gasteiger partial charge < -0.3 is 15.4 Å². The number of ether oxygens (including phenoxy) is 1. The fourth-order valence-electron chi connectivity index (χ4n) is 2.56. The molecule has 1 amide bonds. The zero-order chi connectivity index (χ0) is 19.8. The molecule has 148 valence electrons. The number of hydrogen-bond donors (Lipinski definition) is 2. The zero-order valence-corrected chi connectivity index (χ0v) is 16.6. The van der Waals surface area contributed by atoms with Gasteiger partial charge in [-0.1, -0.05) is 23.3 Å². The quantitative estimate of drug-likeness (QED) is 0.500. The first-order valence-corrected chi connectivity index (χ1v) is 9.95. The van der Waals surface area contributed by atoms with Crippen molar-refractivity contribution in [2.45, 2.75) is 26.4 Å². The molecule has 3 rings (SSSR count). The molecule has 1 unspecified atom stereocenters. The monoisotopic (exact) mass is 401 g/mol. The maximum atomic E-state index is 12.1. The Balaban J connectivity index is 1.43. The van der Waals surface area contributed by atoms with Crippen molar-refractivity contribution in [2.75, 3.05) is 25.0 Å². The van der Waals surface area contributed by atoms with Crippen LogP contribution in [0.25, 0.3) is 5.69 Å². The van der Waals surface area contributed by atoms with Gasteiger partial charge in [-0.15, -0.1) is 11.3 Å². The number of benzene rings is 1. The second-order valence-corrected chi connectivity index (χ2v) is 6.87. The number of anilines is 1. The molecule has 9 nitrogen and oxygen atoms in total. The van der Waals surface area contributed by atoms with E-state index in [4.69, 9.17) is 4.74 Å². The molecule has 2 aromatic heterocycles. The van der Waals surface area contributed by atoms with Crippen molar-refractivity contribution in [2.24, 2.45) is 0 Å². The number of aromatic nitrogens is 5. The highest BCUT2D eigenvalue weighted by Crippen LogP contribution is 2.21. The molecule has 1 atom stereocenters. The third-order valence-electron chi connectivity index (χ3n) is 3.88. The van der Waals surface area contributed by atoms with Crippen molar-refractivity contribution in [3.8, 4) is 5.69 Å². The van der Waals surface area contributed by atoms with E-state index in [0.717, 1.165) is 16.4 Å². The van der Waals surface area contributed by atoms with Crippen molar-refractivity contribution in [3.63, 3.8) is 0 Å². The molecular formula is C18H23N7O2S. The van der Waals surface area contributed by atoms with E-state index in [-0.39, 0.29) is 18.4 Å². The van der Waals surface area contributed by atoms with E-state index in [0.29, 0.717) is 25.6 Å². The molecule has 0 saturated carbocycles. The lowest BCUT2D eigenvalue weighted by Gasteiger charge is -2.08. The summed E-state index contributed by atoms with van der Waals surface area (Å²) in [6, 6.07) is 9.59. The Labute approximate surface area is 167 Å². The van der Waals surface area contributed by atoms with Gasteiger partial charge in [0.2, 0.25) is 11.9 Å². The number of tetrazole rings is 1. The van der Waals surface area contributed by atoms with E-state index >= 15 is 0 Å². The van der Waals surface area contributed by atoms with E-state index in [2.05, 4.69) is 31.1 Å². The molecule has 10 heteroatoms. The number of carbonyl (C=O) groups excluding carboxylic acids is 1. The Kier molecular flexibility index (Phi) is 7.04. The second-order valence-electron chi connectivity index (χ2n) is 5.98. The van der Waals surface area contributed by atoms with Crippen LogP contribution in [0.15, 0.2) is 35.7 Å². The first-order chi connectivity index (χ1) is 13.7. The van der Waals surface area contributed by atoms with E-state index in [1.54, 1.807) is 4.68 Å². The highest BCUT2D eigenvalue weighted by Gasteiger charge is 2.12. The lowest BCUT2D eigenvalue weighted by Crippen LogP contribution is -2.30. The van der Waals surface area contributed by atoms with Gasteiger partial charge in [-0.2, -0.15) is 4.68 Å². The molecule has 0 aliphatic heterocycles. The average Bonchev–Trinajstić information content (AvgIpc) is 3.36. The molecular weight excluding hydrogens is 378 g/mol. The minimum Gasteiger partial charge on any atom is -0.372 e. The Morgan fingerprint density at radius 1 is 1.29 bits per heavy atom. The Hall–Kier alpha value is -2.85. The summed E-state index contributed by atoms with van der Waals surface area (Å²) < 4.78 is 7.13. The van der Waals surface area contributed by atoms with E-state index in [9.17, 15) is 4.79 Å². The van der Waals surface area contributed by atoms with Crippen molar-refractivity contribution in [1.29, 1.82) is 0 Å². The highest BCUT2D eigenvalue weighted by atomic mass is 32.1. The lowest BCUT2D eigenvalue weighted by atomic mass is 10.3. The van der Waals surface area contributed by atoms with Crippen molar-refractivity contribution in [3.05, 3.63) is 46.4 Å². The number of nitrogens with one attached hydrogen (secondary N) is 2. The summed E-state index contributed by atoms with van der Waals surface area (Å²) in [5, 5.41) is 20.4. The van der Waals surface area contributed by atoms with Crippen LogP contribution in [0, 0.1) is 0 Å². The predicted molar refractivity (Wildman–Crippen MR) is 107 cm³/mol. The maximum absolute atomic E-state index is 12.1. The Morgan fingerprint density at radius 3 is 2.89 bits per heavy atom. The van der Waals surface area contributed by atoms with Crippen LogP contribution in [0.2, 0.25) is 0 Å². The number of thiazole rings is 1. The number of nitrogens with zero attached hydrogens (tertiary/aromatic N) is 5. The zero-order valence-electron chi connectivity index (χ0n) is 15.8. The number of rotatable bonds is 10. The molecule has 0 aliphatic rings. The van der Waals surface area contributed by atoms with Gasteiger partial charge >= 0.3 is 0 Å². The van der Waals surface area contributed by atoms with Crippen LogP contribution in [0.3, 0.4) is 0 Å². The van der Waals surface area contributed by atoms with Crippen molar-refractivity contribution >= 4 is 23.2 Å². The van der Waals surface area contributed by atoms with Crippen LogP contribution in [0.5, 0.6) is 0 Å². The average molecular weight is 401 g/mol. The number of para-hydroxylation sites is 1. The summed E-state index contributed by atoms with van der Waals surface area (Å²) in [6.45, 7) is 5.50. The molecule has 0 bridgehead atoms. The second kappa shape index (κ2) is 9.90. The van der Waals surface area contributed by atoms with Gasteiger partial charge in [0, 0.05) is 25.1 Å². The van der Waals surface area contributed by atoms with E-state index in [1.807, 2.05) is 49.6 Å². The molecule has 2 heterocycles. The molecule has 28 heavy (non-hydrogen) atoms. The summed E-state index contributed by atoms with van der Waals surface area (Å²) in [5.74, 6) is 0.444. The van der Waals surface area contributed by atoms with Gasteiger partial charge in [-0.05, 0) is 36.4 Å². The van der Waals surface area contributed by atoms with Gasteiger partial charge in [0.25, 0.3) is 0 Å². The van der Waals surface area contributed by atoms with Gasteiger partial charge in [0.1, 0.15) is 11.1 Å². The predicted octanol–water partition coefficient (Wildman–Crippen LogP) is 1.99. The fourth-order valence-corrected chi connectivity index (χ4v) is 3.38. The van der Waals surface area contributed by atoms with Crippen LogP contribution in [-0.2, 0) is 16.0 Å². The van der Waals surface area contributed by atoms with Crippen LogP contribution in [0.1, 0.15) is 30.7 Å². The maximum Gasteiger partial charge on any atom is 0.247 e. The first kappa shape index (κ1) is 19.9. The highest BCUT2D eigenvalue weighted by molar-refractivity contribution is 7.09. The van der Waals surface area contributed by atoms with Gasteiger partial charge in [0.05, 0.1) is 17.8 Å². The van der Waals surface area contributed by atoms with E-state index < -0.39 is 0 Å². The standard InChI is InChI=1S/C18H23N7O2S/c1-3-27-13(2)17-21-14(12-28-17)11-16(26)19-9-10-20-18-22-23-24-25(18)15-7-5-4-6-8-15/h4-8,12-13H,3,9-11H2,1-2H3,(H,19,26)(H,20,22,24). The number of carbonyl (C=O) groups is 1. The smallest absolute Gasteiger partial charge is 0.247 e. The molecule has 2 N–H and O–H groups in total. The summed E-state index contributed by atoms with van der Waals surface area (Å²) in [7, 11) is 0. The normalized spacial score (nSPS) is 11.9. The summed E-state index contributed by atoms with van der Waals surface area (Å²) >= 11 is 1.51. The topological polar surface area (TPSA) is 107 Å². The largest absolute Gasteiger partial charge is 0.372 e. The molecule has 0 aliphatic carbocycles. The minimum atomic E-state index is -0.0784. The first-order valence-electron chi connectivity index (χ1n) is 9.07. The number of amides is 1. The Morgan fingerprint density at radius 2 is 2.11 bits per heavy atom. The van der Waals surface area contributed by atoms with Crippen LogP contribution >= 0.6 is 11.3 Å². The third kappa shape index (κ3) is 5.33. The molecule has 0 radical (unpaired) electrons. The van der Waals surface area contributed by atoms with Crippen molar-refractivity contribution < 1.29 is 9.53 Å². The SMILES string of the molecule is CCOC(C)c1nc(CC(=O)NCCNc2nnnn2-c2ccccc2)cs1. The van der Waals surface area contributed by atoms with Crippen LogP contribution in [0.4, 0.5) is 5.95 Å². The molecule has 0 saturated heterocycles. The van der Waals surface area contributed by atoms with Gasteiger partial charge in [-0.25, -0.2) is 4.98 Å².